The summed E-state index contributed by atoms with van der Waals surface area (Å²) in [6, 6.07) is 0. The normalized spacial score (nSPS) is 12.7. The van der Waals surface area contributed by atoms with E-state index in [4.69, 9.17) is 0 Å². The molecule has 0 amide bonds. The molecule has 0 aliphatic heterocycles. The maximum Gasteiger partial charge on any atom is 0.256 e. The van der Waals surface area contributed by atoms with E-state index in [1.165, 1.54) is 10.8 Å². The van der Waals surface area contributed by atoms with Gasteiger partial charge in [0.25, 0.3) is 5.56 Å². The quantitative estimate of drug-likeness (QED) is 0.418. The standard InChI is InChI=1S/C21H31N3O3SSi/c1-13(2)29(14(3)4,15(5)6)11-10-17-16(7)20(25)24(8)19-18(17)12-22-21(23-19)28(9,26)27/h12-15H,1-9H3. The number of aromatic nitrogens is 3. The number of nitrogens with zero attached hydrogens (tertiary/aromatic N) is 3. The second-order valence-corrected chi connectivity index (χ2v) is 16.2. The van der Waals surface area contributed by atoms with Crippen LogP contribution < -0.4 is 5.56 Å². The van der Waals surface area contributed by atoms with Crippen LogP contribution in [-0.2, 0) is 16.9 Å². The third-order valence-corrected chi connectivity index (χ3v) is 13.1. The van der Waals surface area contributed by atoms with Gasteiger partial charge in [0.05, 0.1) is 5.39 Å². The molecule has 0 saturated heterocycles. The van der Waals surface area contributed by atoms with Crippen LogP contribution in [-0.4, -0.2) is 37.3 Å². The number of hydrogen-bond donors (Lipinski definition) is 0. The lowest BCUT2D eigenvalue weighted by molar-refractivity contribution is 0.593. The van der Waals surface area contributed by atoms with E-state index < -0.39 is 17.9 Å². The van der Waals surface area contributed by atoms with Crippen LogP contribution in [0.15, 0.2) is 16.1 Å². The van der Waals surface area contributed by atoms with Crippen LogP contribution in [0.25, 0.3) is 11.0 Å². The van der Waals surface area contributed by atoms with Crippen molar-refractivity contribution in [2.45, 2.75) is 70.2 Å². The van der Waals surface area contributed by atoms with Gasteiger partial charge in [-0.05, 0) is 23.5 Å². The van der Waals surface area contributed by atoms with Crippen molar-refractivity contribution >= 4 is 28.9 Å². The Morgan fingerprint density at radius 2 is 1.59 bits per heavy atom. The highest BCUT2D eigenvalue weighted by Gasteiger charge is 2.41. The maximum atomic E-state index is 12.8. The molecule has 0 fully saturated rings. The summed E-state index contributed by atoms with van der Waals surface area (Å²) in [5.41, 5.74) is 6.20. The molecule has 0 aliphatic carbocycles. The van der Waals surface area contributed by atoms with Gasteiger partial charge < -0.3 is 0 Å². The fraction of sp³-hybridized carbons (Fsp3) is 0.571. The molecule has 0 aliphatic rings. The molecule has 8 heteroatoms. The zero-order valence-corrected chi connectivity index (χ0v) is 20.6. The topological polar surface area (TPSA) is 81.9 Å². The molecule has 0 unspecified atom stereocenters. The van der Waals surface area contributed by atoms with Crippen LogP contribution in [0.3, 0.4) is 0 Å². The maximum absolute atomic E-state index is 12.8. The van der Waals surface area contributed by atoms with Crippen molar-refractivity contribution < 1.29 is 8.42 Å². The van der Waals surface area contributed by atoms with Gasteiger partial charge in [0, 0.05) is 30.6 Å². The van der Waals surface area contributed by atoms with Crippen molar-refractivity contribution in [3.63, 3.8) is 0 Å². The molecule has 0 saturated carbocycles. The Morgan fingerprint density at radius 1 is 1.07 bits per heavy atom. The average molecular weight is 434 g/mol. The summed E-state index contributed by atoms with van der Waals surface area (Å²) in [6.07, 6.45) is 2.52. The molecule has 0 atom stereocenters. The van der Waals surface area contributed by atoms with Gasteiger partial charge in [0.15, 0.2) is 0 Å². The van der Waals surface area contributed by atoms with Crippen molar-refractivity contribution in [3.8, 4) is 11.5 Å². The number of hydrogen-bond acceptors (Lipinski definition) is 5. The van der Waals surface area contributed by atoms with E-state index in [1.54, 1.807) is 14.0 Å². The third kappa shape index (κ3) is 4.03. The van der Waals surface area contributed by atoms with Crippen molar-refractivity contribution in [1.29, 1.82) is 0 Å². The number of sulfone groups is 1. The Morgan fingerprint density at radius 3 is 2.03 bits per heavy atom. The molecular formula is C21H31N3O3SSi. The van der Waals surface area contributed by atoms with E-state index in [0.29, 0.717) is 33.1 Å². The van der Waals surface area contributed by atoms with Crippen LogP contribution in [0.2, 0.25) is 16.6 Å². The van der Waals surface area contributed by atoms with Crippen LogP contribution in [0.1, 0.15) is 52.7 Å². The fourth-order valence-corrected chi connectivity index (χ4v) is 10.1. The second-order valence-electron chi connectivity index (χ2n) is 8.67. The predicted molar refractivity (Wildman–Crippen MR) is 121 cm³/mol. The highest BCUT2D eigenvalue weighted by atomic mass is 32.2. The molecule has 0 aromatic carbocycles. The zero-order chi connectivity index (χ0) is 22.3. The van der Waals surface area contributed by atoms with Gasteiger partial charge in [0.1, 0.15) is 13.7 Å². The van der Waals surface area contributed by atoms with Crippen LogP contribution in [0.4, 0.5) is 0 Å². The van der Waals surface area contributed by atoms with Gasteiger partial charge in [0.2, 0.25) is 15.0 Å². The van der Waals surface area contributed by atoms with Crippen molar-refractivity contribution in [2.75, 3.05) is 6.26 Å². The average Bonchev–Trinajstić information content (AvgIpc) is 2.60. The highest BCUT2D eigenvalue weighted by molar-refractivity contribution is 7.90. The smallest absolute Gasteiger partial charge is 0.256 e. The SMILES string of the molecule is Cc1c(C#C[Si](C(C)C)(C(C)C)C(C)C)c2cnc(S(C)(=O)=O)nc2n(C)c1=O. The first kappa shape index (κ1) is 23.3. The van der Waals surface area contributed by atoms with Gasteiger partial charge >= 0.3 is 0 Å². The van der Waals surface area contributed by atoms with Crippen LogP contribution >= 0.6 is 0 Å². The number of pyridine rings is 1. The molecule has 0 spiro atoms. The first-order valence-corrected chi connectivity index (χ1v) is 14.0. The molecule has 2 rings (SSSR count). The highest BCUT2D eigenvalue weighted by Crippen LogP contribution is 2.40. The molecule has 2 heterocycles. The molecule has 0 radical (unpaired) electrons. The molecule has 6 nitrogen and oxygen atoms in total. The lowest BCUT2D eigenvalue weighted by Crippen LogP contribution is -2.43. The lowest BCUT2D eigenvalue weighted by atomic mass is 10.1. The first-order valence-electron chi connectivity index (χ1n) is 9.84. The minimum atomic E-state index is -3.58. The molecule has 0 bridgehead atoms. The predicted octanol–water partition coefficient (Wildman–Crippen LogP) is 3.61. The van der Waals surface area contributed by atoms with Gasteiger partial charge in [-0.25, -0.2) is 13.4 Å². The Kier molecular flexibility index (Phi) is 6.45. The number of rotatable bonds is 4. The molecule has 158 valence electrons. The van der Waals surface area contributed by atoms with E-state index in [0.717, 1.165) is 6.26 Å². The third-order valence-electron chi connectivity index (χ3n) is 5.94. The summed E-state index contributed by atoms with van der Waals surface area (Å²) < 4.78 is 25.1. The minimum absolute atomic E-state index is 0.231. The molecule has 29 heavy (non-hydrogen) atoms. The number of fused-ring (bicyclic) bond motifs is 1. The Bertz CT molecular complexity index is 1150. The van der Waals surface area contributed by atoms with E-state index >= 15 is 0 Å². The van der Waals surface area contributed by atoms with E-state index in [1.807, 2.05) is 0 Å². The van der Waals surface area contributed by atoms with Crippen LogP contribution in [0, 0.1) is 18.4 Å². The van der Waals surface area contributed by atoms with Crippen molar-refractivity contribution in [1.82, 2.24) is 14.5 Å². The molecule has 2 aromatic heterocycles. The van der Waals surface area contributed by atoms with E-state index in [-0.39, 0.29) is 16.4 Å². The number of aryl methyl sites for hydroxylation is 1. The molecular weight excluding hydrogens is 402 g/mol. The summed E-state index contributed by atoms with van der Waals surface area (Å²) in [7, 11) is -4.00. The summed E-state index contributed by atoms with van der Waals surface area (Å²) in [6.45, 7) is 15.2. The second kappa shape index (κ2) is 8.03. The van der Waals surface area contributed by atoms with Crippen LogP contribution in [0.5, 0.6) is 0 Å². The van der Waals surface area contributed by atoms with Gasteiger partial charge in [-0.2, -0.15) is 4.98 Å². The summed E-state index contributed by atoms with van der Waals surface area (Å²) in [4.78, 5) is 21.0. The first-order chi connectivity index (χ1) is 13.2. The Hall–Kier alpha value is -1.98. The minimum Gasteiger partial charge on any atom is -0.295 e. The Labute approximate surface area is 174 Å². The molecule has 0 N–H and O–H groups in total. The van der Waals surface area contributed by atoms with Crippen molar-refractivity contribution in [3.05, 3.63) is 27.7 Å². The molecule has 2 aromatic rings. The summed E-state index contributed by atoms with van der Waals surface area (Å²) in [5.74, 6) is 3.34. The Balaban J connectivity index is 2.92. The fourth-order valence-electron chi connectivity index (χ4n) is 4.39. The van der Waals surface area contributed by atoms with E-state index in [9.17, 15) is 13.2 Å². The summed E-state index contributed by atoms with van der Waals surface area (Å²) in [5, 5.41) is 0.307. The largest absolute Gasteiger partial charge is 0.295 e. The lowest BCUT2D eigenvalue weighted by Gasteiger charge is -2.38. The van der Waals surface area contributed by atoms with E-state index in [2.05, 4.69) is 63.0 Å². The zero-order valence-electron chi connectivity index (χ0n) is 18.8. The van der Waals surface area contributed by atoms with Gasteiger partial charge in [-0.1, -0.05) is 47.5 Å². The summed E-state index contributed by atoms with van der Waals surface area (Å²) >= 11 is 0. The van der Waals surface area contributed by atoms with Gasteiger partial charge in [-0.3, -0.25) is 9.36 Å². The van der Waals surface area contributed by atoms with Gasteiger partial charge in [-0.15, -0.1) is 5.54 Å². The monoisotopic (exact) mass is 433 g/mol. The van der Waals surface area contributed by atoms with Crippen molar-refractivity contribution in [2.24, 2.45) is 7.05 Å².